The number of carbonyl (C=O) groups is 2. The van der Waals surface area contributed by atoms with Gasteiger partial charge in [-0.1, -0.05) is 0 Å². The third-order valence-electron chi connectivity index (χ3n) is 2.92. The van der Waals surface area contributed by atoms with E-state index in [0.717, 1.165) is 3.57 Å². The van der Waals surface area contributed by atoms with Gasteiger partial charge in [-0.05, 0) is 54.6 Å². The fourth-order valence-electron chi connectivity index (χ4n) is 1.43. The predicted molar refractivity (Wildman–Crippen MR) is 79.4 cm³/mol. The standard InChI is InChI=1S/C13H16INO4/c1-7(13(17)18)8(2)15-12(16)10-5-4-9(19-3)6-11(10)14/h4-8H,1-3H3,(H,15,16)(H,17,18). The van der Waals surface area contributed by atoms with E-state index >= 15 is 0 Å². The minimum Gasteiger partial charge on any atom is -0.497 e. The van der Waals surface area contributed by atoms with Gasteiger partial charge in [-0.3, -0.25) is 9.59 Å². The van der Waals surface area contributed by atoms with Gasteiger partial charge in [-0.15, -0.1) is 0 Å². The summed E-state index contributed by atoms with van der Waals surface area (Å²) in [7, 11) is 1.56. The van der Waals surface area contributed by atoms with Crippen LogP contribution in [-0.2, 0) is 4.79 Å². The molecule has 2 unspecified atom stereocenters. The second kappa shape index (κ2) is 6.74. The van der Waals surface area contributed by atoms with Crippen LogP contribution in [-0.4, -0.2) is 30.1 Å². The van der Waals surface area contributed by atoms with E-state index in [0.29, 0.717) is 11.3 Å². The normalized spacial score (nSPS) is 13.5. The molecule has 19 heavy (non-hydrogen) atoms. The Hall–Kier alpha value is -1.31. The maximum absolute atomic E-state index is 12.1. The van der Waals surface area contributed by atoms with Crippen molar-refractivity contribution >= 4 is 34.5 Å². The van der Waals surface area contributed by atoms with Crippen LogP contribution in [0.25, 0.3) is 0 Å². The van der Waals surface area contributed by atoms with Crippen LogP contribution < -0.4 is 10.1 Å². The van der Waals surface area contributed by atoms with Crippen molar-refractivity contribution < 1.29 is 19.4 Å². The molecule has 0 aliphatic rings. The van der Waals surface area contributed by atoms with E-state index in [-0.39, 0.29) is 5.91 Å². The lowest BCUT2D eigenvalue weighted by atomic mass is 10.0. The highest BCUT2D eigenvalue weighted by Crippen LogP contribution is 2.19. The van der Waals surface area contributed by atoms with E-state index in [4.69, 9.17) is 9.84 Å². The van der Waals surface area contributed by atoms with Gasteiger partial charge in [0.1, 0.15) is 5.75 Å². The number of aliphatic carboxylic acids is 1. The summed E-state index contributed by atoms with van der Waals surface area (Å²) in [5.74, 6) is -1.18. The number of carboxylic acids is 1. The maximum Gasteiger partial charge on any atom is 0.308 e. The summed E-state index contributed by atoms with van der Waals surface area (Å²) in [5.41, 5.74) is 0.505. The number of hydrogen-bond donors (Lipinski definition) is 2. The van der Waals surface area contributed by atoms with E-state index in [9.17, 15) is 9.59 Å². The number of hydrogen-bond acceptors (Lipinski definition) is 3. The molecule has 0 saturated heterocycles. The minimum atomic E-state index is -0.933. The van der Waals surface area contributed by atoms with Gasteiger partial charge < -0.3 is 15.2 Å². The monoisotopic (exact) mass is 377 g/mol. The molecule has 6 heteroatoms. The first kappa shape index (κ1) is 15.7. The zero-order chi connectivity index (χ0) is 14.6. The molecule has 0 aromatic heterocycles. The highest BCUT2D eigenvalue weighted by molar-refractivity contribution is 14.1. The molecule has 1 amide bonds. The van der Waals surface area contributed by atoms with Gasteiger partial charge in [0, 0.05) is 9.61 Å². The molecule has 104 valence electrons. The summed E-state index contributed by atoms with van der Waals surface area (Å²) in [4.78, 5) is 22.9. The number of carbonyl (C=O) groups excluding carboxylic acids is 1. The summed E-state index contributed by atoms with van der Waals surface area (Å²) in [6.07, 6.45) is 0. The van der Waals surface area contributed by atoms with Crippen LogP contribution in [0, 0.1) is 9.49 Å². The second-order valence-corrected chi connectivity index (χ2v) is 5.40. The molecule has 0 radical (unpaired) electrons. The first-order chi connectivity index (χ1) is 8.86. The van der Waals surface area contributed by atoms with Gasteiger partial charge in [0.2, 0.25) is 0 Å². The molecule has 1 aromatic rings. The molecule has 0 spiro atoms. The molecule has 1 rings (SSSR count). The quantitative estimate of drug-likeness (QED) is 0.772. The van der Waals surface area contributed by atoms with E-state index in [2.05, 4.69) is 5.32 Å². The van der Waals surface area contributed by atoms with Crippen LogP contribution in [0.5, 0.6) is 5.75 Å². The van der Waals surface area contributed by atoms with Crippen molar-refractivity contribution in [1.29, 1.82) is 0 Å². The number of amides is 1. The Morgan fingerprint density at radius 1 is 1.37 bits per heavy atom. The lowest BCUT2D eigenvalue weighted by molar-refractivity contribution is -0.141. The number of methoxy groups -OCH3 is 1. The maximum atomic E-state index is 12.1. The summed E-state index contributed by atoms with van der Waals surface area (Å²) in [5, 5.41) is 11.6. The van der Waals surface area contributed by atoms with Gasteiger partial charge in [0.05, 0.1) is 18.6 Å². The molecular weight excluding hydrogens is 361 g/mol. The first-order valence-corrected chi connectivity index (χ1v) is 6.82. The van der Waals surface area contributed by atoms with Gasteiger partial charge in [-0.25, -0.2) is 0 Å². The zero-order valence-corrected chi connectivity index (χ0v) is 13.1. The number of carboxylic acid groups (broad SMARTS) is 1. The molecule has 2 N–H and O–H groups in total. The molecular formula is C13H16INO4. The van der Waals surface area contributed by atoms with Crippen molar-refractivity contribution in [1.82, 2.24) is 5.32 Å². The summed E-state index contributed by atoms with van der Waals surface area (Å²) in [6, 6.07) is 4.67. The highest BCUT2D eigenvalue weighted by atomic mass is 127. The third-order valence-corrected chi connectivity index (χ3v) is 3.81. The summed E-state index contributed by atoms with van der Waals surface area (Å²) >= 11 is 2.04. The summed E-state index contributed by atoms with van der Waals surface area (Å²) in [6.45, 7) is 3.24. The molecule has 0 saturated carbocycles. The Morgan fingerprint density at radius 2 is 2.00 bits per heavy atom. The number of ether oxygens (including phenoxy) is 1. The molecule has 0 fully saturated rings. The van der Waals surface area contributed by atoms with Crippen molar-refractivity contribution in [2.24, 2.45) is 5.92 Å². The third kappa shape index (κ3) is 4.09. The van der Waals surface area contributed by atoms with Gasteiger partial charge in [-0.2, -0.15) is 0 Å². The molecule has 1 aromatic carbocycles. The van der Waals surface area contributed by atoms with Crippen molar-refractivity contribution in [2.45, 2.75) is 19.9 Å². The van der Waals surface area contributed by atoms with Crippen LogP contribution in [0.3, 0.4) is 0 Å². The average molecular weight is 377 g/mol. The number of benzene rings is 1. The predicted octanol–water partition coefficient (Wildman–Crippen LogP) is 2.14. The van der Waals surface area contributed by atoms with E-state index in [1.807, 2.05) is 22.6 Å². The lowest BCUT2D eigenvalue weighted by Crippen LogP contribution is -2.40. The van der Waals surface area contributed by atoms with Crippen LogP contribution in [0.4, 0.5) is 0 Å². The molecule has 0 bridgehead atoms. The minimum absolute atomic E-state index is 0.285. The van der Waals surface area contributed by atoms with E-state index < -0.39 is 17.9 Å². The number of halogens is 1. The smallest absolute Gasteiger partial charge is 0.308 e. The van der Waals surface area contributed by atoms with Crippen LogP contribution in [0.1, 0.15) is 24.2 Å². The molecule has 0 aliphatic carbocycles. The summed E-state index contributed by atoms with van der Waals surface area (Å²) < 4.78 is 5.82. The van der Waals surface area contributed by atoms with Crippen molar-refractivity contribution in [2.75, 3.05) is 7.11 Å². The largest absolute Gasteiger partial charge is 0.497 e. The van der Waals surface area contributed by atoms with Crippen LogP contribution >= 0.6 is 22.6 Å². The van der Waals surface area contributed by atoms with E-state index in [1.165, 1.54) is 0 Å². The molecule has 5 nitrogen and oxygen atoms in total. The van der Waals surface area contributed by atoms with E-state index in [1.54, 1.807) is 39.2 Å². The van der Waals surface area contributed by atoms with Crippen molar-refractivity contribution in [3.05, 3.63) is 27.3 Å². The molecule has 0 heterocycles. The number of nitrogens with one attached hydrogen (secondary N) is 1. The topological polar surface area (TPSA) is 75.6 Å². The lowest BCUT2D eigenvalue weighted by Gasteiger charge is -2.18. The molecule has 0 aliphatic heterocycles. The molecule has 2 atom stereocenters. The Balaban J connectivity index is 2.81. The van der Waals surface area contributed by atoms with Crippen molar-refractivity contribution in [3.8, 4) is 5.75 Å². The highest BCUT2D eigenvalue weighted by Gasteiger charge is 2.22. The van der Waals surface area contributed by atoms with Crippen LogP contribution in [0.15, 0.2) is 18.2 Å². The Labute approximate surface area is 125 Å². The van der Waals surface area contributed by atoms with Gasteiger partial charge >= 0.3 is 5.97 Å². The van der Waals surface area contributed by atoms with Gasteiger partial charge in [0.15, 0.2) is 0 Å². The SMILES string of the molecule is COc1ccc(C(=O)NC(C)C(C)C(=O)O)c(I)c1. The average Bonchev–Trinajstić information content (AvgIpc) is 2.36. The Kier molecular flexibility index (Phi) is 5.59. The van der Waals surface area contributed by atoms with Gasteiger partial charge in [0.25, 0.3) is 5.91 Å². The fourth-order valence-corrected chi connectivity index (χ4v) is 2.16. The number of rotatable bonds is 5. The van der Waals surface area contributed by atoms with Crippen LogP contribution in [0.2, 0.25) is 0 Å². The fraction of sp³-hybridized carbons (Fsp3) is 0.385. The van der Waals surface area contributed by atoms with Crippen molar-refractivity contribution in [3.63, 3.8) is 0 Å². The Morgan fingerprint density at radius 3 is 2.47 bits per heavy atom. The first-order valence-electron chi connectivity index (χ1n) is 5.74. The zero-order valence-electron chi connectivity index (χ0n) is 10.9. The second-order valence-electron chi connectivity index (χ2n) is 4.23. The Bertz CT molecular complexity index is 490.